The minimum atomic E-state index is -2.32. The third kappa shape index (κ3) is 6.25. The Hall–Kier alpha value is -0.123. The van der Waals surface area contributed by atoms with E-state index in [9.17, 15) is 0 Å². The maximum atomic E-state index is 6.53. The molecule has 0 saturated heterocycles. The molecule has 0 amide bonds. The van der Waals surface area contributed by atoms with Gasteiger partial charge in [-0.2, -0.15) is 0 Å². The zero-order valence-electron chi connectivity index (χ0n) is 15.9. The highest BCUT2D eigenvalue weighted by Crippen LogP contribution is 2.50. The summed E-state index contributed by atoms with van der Waals surface area (Å²) in [6.45, 7) is 23.9. The molecule has 0 bridgehead atoms. The second-order valence-corrected chi connectivity index (χ2v) is 11.9. The van der Waals surface area contributed by atoms with Gasteiger partial charge in [0.25, 0.3) is 0 Å². The van der Waals surface area contributed by atoms with E-state index in [1.54, 1.807) is 0 Å². The summed E-state index contributed by atoms with van der Waals surface area (Å²) in [6.07, 6.45) is 4.60. The molecule has 0 aromatic heterocycles. The SMILES string of the molecule is C=CC(C)(C)CC(C)(C)[Si](CCC)(OC(C)C)OC(C)C. The highest BCUT2D eigenvalue weighted by atomic mass is 28.4. The van der Waals surface area contributed by atoms with E-state index in [0.29, 0.717) is 0 Å². The lowest BCUT2D eigenvalue weighted by molar-refractivity contribution is 0.0794. The van der Waals surface area contributed by atoms with Crippen LogP contribution in [0.5, 0.6) is 0 Å². The third-order valence-electron chi connectivity index (χ3n) is 3.91. The summed E-state index contributed by atoms with van der Waals surface area (Å²) >= 11 is 0. The standard InChI is InChI=1S/C18H38O2Si/c1-11-13-21(19-15(3)4,20-16(5)6)18(9,10)14-17(7,8)12-2/h12,15-16H,2,11,13-14H2,1,3-10H3. The molecule has 0 aromatic rings. The van der Waals surface area contributed by atoms with E-state index in [2.05, 4.69) is 75.0 Å². The molecule has 0 spiro atoms. The molecule has 0 heterocycles. The first-order chi connectivity index (χ1) is 9.41. The lowest BCUT2D eigenvalue weighted by atomic mass is 9.84. The van der Waals surface area contributed by atoms with Gasteiger partial charge in [-0.1, -0.05) is 47.1 Å². The van der Waals surface area contributed by atoms with E-state index in [4.69, 9.17) is 8.85 Å². The highest BCUT2D eigenvalue weighted by Gasteiger charge is 2.53. The van der Waals surface area contributed by atoms with Gasteiger partial charge < -0.3 is 8.85 Å². The first kappa shape index (κ1) is 20.9. The van der Waals surface area contributed by atoms with Crippen LogP contribution in [-0.2, 0) is 8.85 Å². The maximum absolute atomic E-state index is 6.53. The van der Waals surface area contributed by atoms with Crippen LogP contribution in [0.3, 0.4) is 0 Å². The molecule has 0 radical (unpaired) electrons. The van der Waals surface area contributed by atoms with E-state index in [1.807, 2.05) is 0 Å². The molecule has 3 heteroatoms. The average molecular weight is 315 g/mol. The van der Waals surface area contributed by atoms with Gasteiger partial charge in [0.2, 0.25) is 0 Å². The van der Waals surface area contributed by atoms with Gasteiger partial charge in [-0.3, -0.25) is 0 Å². The number of rotatable bonds is 10. The van der Waals surface area contributed by atoms with E-state index >= 15 is 0 Å². The second-order valence-electron chi connectivity index (χ2n) is 8.09. The maximum Gasteiger partial charge on any atom is 0.344 e. The molecule has 0 aromatic carbocycles. The van der Waals surface area contributed by atoms with Crippen LogP contribution in [0.1, 0.15) is 75.2 Å². The zero-order valence-corrected chi connectivity index (χ0v) is 16.9. The monoisotopic (exact) mass is 314 g/mol. The molecule has 0 atom stereocenters. The van der Waals surface area contributed by atoms with Crippen molar-refractivity contribution < 1.29 is 8.85 Å². The lowest BCUT2D eigenvalue weighted by Crippen LogP contribution is -2.55. The Bertz CT molecular complexity index is 309. The van der Waals surface area contributed by atoms with E-state index < -0.39 is 8.56 Å². The summed E-state index contributed by atoms with van der Waals surface area (Å²) in [5.74, 6) is 0. The van der Waals surface area contributed by atoms with Gasteiger partial charge in [-0.15, -0.1) is 6.58 Å². The summed E-state index contributed by atoms with van der Waals surface area (Å²) in [5.41, 5.74) is 0.0934. The summed E-state index contributed by atoms with van der Waals surface area (Å²) in [5, 5.41) is 0.0369. The van der Waals surface area contributed by atoms with E-state index in [-0.39, 0.29) is 22.7 Å². The van der Waals surface area contributed by atoms with Crippen LogP contribution in [-0.4, -0.2) is 20.8 Å². The smallest absolute Gasteiger partial charge is 0.344 e. The fourth-order valence-corrected chi connectivity index (χ4v) is 7.75. The van der Waals surface area contributed by atoms with Crippen molar-refractivity contribution in [3.05, 3.63) is 12.7 Å². The molecule has 0 rings (SSSR count). The second kappa shape index (κ2) is 7.93. The van der Waals surface area contributed by atoms with Crippen LogP contribution in [0.15, 0.2) is 12.7 Å². The van der Waals surface area contributed by atoms with Crippen LogP contribution in [0.25, 0.3) is 0 Å². The average Bonchev–Trinajstić information content (AvgIpc) is 2.25. The minimum Gasteiger partial charge on any atom is -0.391 e. The van der Waals surface area contributed by atoms with E-state index in [1.165, 1.54) is 0 Å². The van der Waals surface area contributed by atoms with Crippen LogP contribution in [0.2, 0.25) is 11.1 Å². The molecule has 0 aliphatic rings. The first-order valence-corrected chi connectivity index (χ1v) is 10.4. The Labute approximate surface area is 134 Å². The number of allylic oxidation sites excluding steroid dienone is 1. The number of hydrogen-bond acceptors (Lipinski definition) is 2. The van der Waals surface area contributed by atoms with Crippen LogP contribution in [0, 0.1) is 5.41 Å². The van der Waals surface area contributed by atoms with Crippen molar-refractivity contribution in [1.29, 1.82) is 0 Å². The molecule has 21 heavy (non-hydrogen) atoms. The lowest BCUT2D eigenvalue weighted by Gasteiger charge is -2.47. The fourth-order valence-electron chi connectivity index (χ4n) is 3.24. The Kier molecular flexibility index (Phi) is 7.89. The summed E-state index contributed by atoms with van der Waals surface area (Å²) in [7, 11) is -2.32. The summed E-state index contributed by atoms with van der Waals surface area (Å²) < 4.78 is 13.1. The predicted octanol–water partition coefficient (Wildman–Crippen LogP) is 6.07. The molecule has 0 saturated carbocycles. The topological polar surface area (TPSA) is 18.5 Å². The number of hydrogen-bond donors (Lipinski definition) is 0. The van der Waals surface area contributed by atoms with Crippen molar-refractivity contribution in [2.45, 2.75) is 98.4 Å². The van der Waals surface area contributed by atoms with Crippen molar-refractivity contribution in [3.63, 3.8) is 0 Å². The van der Waals surface area contributed by atoms with Crippen LogP contribution < -0.4 is 0 Å². The van der Waals surface area contributed by atoms with Gasteiger partial charge >= 0.3 is 8.56 Å². The van der Waals surface area contributed by atoms with Crippen molar-refractivity contribution in [2.24, 2.45) is 5.41 Å². The van der Waals surface area contributed by atoms with Gasteiger partial charge in [-0.25, -0.2) is 0 Å². The molecular weight excluding hydrogens is 276 g/mol. The van der Waals surface area contributed by atoms with Gasteiger partial charge in [0, 0.05) is 17.2 Å². The Morgan fingerprint density at radius 3 is 1.71 bits per heavy atom. The van der Waals surface area contributed by atoms with Crippen LogP contribution >= 0.6 is 0 Å². The molecule has 2 nitrogen and oxygen atoms in total. The van der Waals surface area contributed by atoms with Gasteiger partial charge in [0.15, 0.2) is 0 Å². The molecule has 0 aliphatic carbocycles. The van der Waals surface area contributed by atoms with E-state index in [0.717, 1.165) is 18.9 Å². The van der Waals surface area contributed by atoms with Gasteiger partial charge in [0.1, 0.15) is 0 Å². The first-order valence-electron chi connectivity index (χ1n) is 8.40. The predicted molar refractivity (Wildman–Crippen MR) is 95.9 cm³/mol. The van der Waals surface area contributed by atoms with Gasteiger partial charge in [-0.05, 0) is 45.6 Å². The molecule has 0 unspecified atom stereocenters. The van der Waals surface area contributed by atoms with Crippen molar-refractivity contribution in [1.82, 2.24) is 0 Å². The molecule has 126 valence electrons. The Balaban J connectivity index is 5.63. The van der Waals surface area contributed by atoms with Gasteiger partial charge in [0.05, 0.1) is 0 Å². The molecule has 0 fully saturated rings. The summed E-state index contributed by atoms with van der Waals surface area (Å²) in [4.78, 5) is 0. The Morgan fingerprint density at radius 1 is 1.00 bits per heavy atom. The largest absolute Gasteiger partial charge is 0.391 e. The van der Waals surface area contributed by atoms with Crippen LogP contribution in [0.4, 0.5) is 0 Å². The molecular formula is C18H38O2Si. The zero-order chi connectivity index (χ0) is 16.9. The molecule has 0 N–H and O–H groups in total. The quantitative estimate of drug-likeness (QED) is 0.360. The molecule has 0 aliphatic heterocycles. The van der Waals surface area contributed by atoms with Crippen molar-refractivity contribution in [2.75, 3.05) is 0 Å². The summed E-state index contributed by atoms with van der Waals surface area (Å²) in [6, 6.07) is 1.05. The van der Waals surface area contributed by atoms with Crippen molar-refractivity contribution in [3.8, 4) is 0 Å². The highest BCUT2D eigenvalue weighted by molar-refractivity contribution is 6.70. The Morgan fingerprint density at radius 2 is 1.43 bits per heavy atom. The van der Waals surface area contributed by atoms with Crippen molar-refractivity contribution >= 4 is 8.56 Å². The fraction of sp³-hybridized carbons (Fsp3) is 0.889. The third-order valence-corrected chi connectivity index (χ3v) is 9.01. The minimum absolute atomic E-state index is 0.0369. The normalized spacial score (nSPS) is 14.0.